The average molecular weight is 528 g/mol. The monoisotopic (exact) mass is 528 g/mol. The van der Waals surface area contributed by atoms with E-state index in [-0.39, 0.29) is 0 Å². The van der Waals surface area contributed by atoms with Crippen LogP contribution in [0.4, 0.5) is 26.3 Å². The van der Waals surface area contributed by atoms with E-state index in [4.69, 9.17) is 14.3 Å². The van der Waals surface area contributed by atoms with Gasteiger partial charge in [-0.25, -0.2) is 19.7 Å². The molecule has 0 aliphatic rings. The summed E-state index contributed by atoms with van der Waals surface area (Å²) in [4.78, 5) is 25.2. The zero-order valence-corrected chi connectivity index (χ0v) is 18.8. The number of aromatic nitrogens is 4. The molecule has 5 rings (SSSR count). The van der Waals surface area contributed by atoms with Crippen molar-refractivity contribution in [1.29, 1.82) is 0 Å². The van der Waals surface area contributed by atoms with Gasteiger partial charge in [0.1, 0.15) is 27.8 Å². The van der Waals surface area contributed by atoms with Crippen LogP contribution in [0.2, 0.25) is 0 Å². The standard InChI is InChI=1S/C20H13F3N4OS.C2HF3O2/c1-10-24-17-12-4-2-3-5-15(12)28-18(17)19(25-10)29-9-16-26-13-7-6-11(20(21,22)23)8-14(13)27-16;3-2(4,5)1(6)7/h2-8H,9H2,1H3,(H,26,27);(H,6,7). The van der Waals surface area contributed by atoms with Crippen molar-refractivity contribution in [3.8, 4) is 0 Å². The van der Waals surface area contributed by atoms with Crippen molar-refractivity contribution in [2.24, 2.45) is 0 Å². The topological polar surface area (TPSA) is 105 Å². The average Bonchev–Trinajstić information content (AvgIpc) is 3.37. The van der Waals surface area contributed by atoms with Gasteiger partial charge in [-0.15, -0.1) is 0 Å². The lowest BCUT2D eigenvalue weighted by molar-refractivity contribution is -0.192. The molecule has 3 aromatic heterocycles. The number of hydrogen-bond donors (Lipinski definition) is 2. The van der Waals surface area contributed by atoms with Gasteiger partial charge in [0.25, 0.3) is 0 Å². The van der Waals surface area contributed by atoms with Crippen molar-refractivity contribution in [1.82, 2.24) is 19.9 Å². The second kappa shape index (κ2) is 9.33. The van der Waals surface area contributed by atoms with Crippen LogP contribution in [0.1, 0.15) is 17.2 Å². The summed E-state index contributed by atoms with van der Waals surface area (Å²) in [6.07, 6.45) is -9.47. The molecule has 0 aliphatic heterocycles. The normalized spacial score (nSPS) is 12.2. The number of furan rings is 1. The number of nitrogens with zero attached hydrogens (tertiary/aromatic N) is 3. The molecule has 0 bridgehead atoms. The summed E-state index contributed by atoms with van der Waals surface area (Å²) >= 11 is 1.40. The number of H-pyrrole nitrogens is 1. The molecule has 0 saturated heterocycles. The van der Waals surface area contributed by atoms with E-state index in [2.05, 4.69) is 19.9 Å². The first-order valence-electron chi connectivity index (χ1n) is 9.97. The van der Waals surface area contributed by atoms with Gasteiger partial charge in [-0.2, -0.15) is 26.3 Å². The Labute approximate surface area is 201 Å². The number of rotatable bonds is 3. The number of carboxylic acid groups (broad SMARTS) is 1. The number of aryl methyl sites for hydroxylation is 1. The summed E-state index contributed by atoms with van der Waals surface area (Å²) in [5.41, 5.74) is 2.20. The van der Waals surface area contributed by atoms with Crippen molar-refractivity contribution < 1.29 is 40.7 Å². The van der Waals surface area contributed by atoms with E-state index in [0.717, 1.165) is 28.6 Å². The molecule has 0 unspecified atom stereocenters. The number of fused-ring (bicyclic) bond motifs is 4. The highest BCUT2D eigenvalue weighted by molar-refractivity contribution is 7.98. The molecule has 188 valence electrons. The summed E-state index contributed by atoms with van der Waals surface area (Å²) in [7, 11) is 0. The first-order chi connectivity index (χ1) is 16.8. The number of hydrogen-bond acceptors (Lipinski definition) is 6. The van der Waals surface area contributed by atoms with Crippen molar-refractivity contribution in [3.05, 3.63) is 59.7 Å². The number of alkyl halides is 6. The number of nitrogens with one attached hydrogen (secondary N) is 1. The summed E-state index contributed by atoms with van der Waals surface area (Å²) in [6, 6.07) is 11.1. The quantitative estimate of drug-likeness (QED) is 0.156. The van der Waals surface area contributed by atoms with Gasteiger partial charge in [-0.1, -0.05) is 23.9 Å². The van der Waals surface area contributed by atoms with E-state index >= 15 is 0 Å². The number of carboxylic acids is 1. The molecular weight excluding hydrogens is 514 g/mol. The zero-order valence-electron chi connectivity index (χ0n) is 18.0. The molecule has 0 radical (unpaired) electrons. The Morgan fingerprint density at radius 3 is 2.42 bits per heavy atom. The third-order valence-electron chi connectivity index (χ3n) is 4.75. The zero-order chi connectivity index (χ0) is 26.3. The highest BCUT2D eigenvalue weighted by Gasteiger charge is 2.38. The Balaban J connectivity index is 0.000000384. The molecule has 0 fully saturated rings. The van der Waals surface area contributed by atoms with E-state index in [1.807, 2.05) is 31.2 Å². The fraction of sp³-hybridized carbons (Fsp3) is 0.182. The van der Waals surface area contributed by atoms with Crippen LogP contribution in [0.3, 0.4) is 0 Å². The second-order valence-electron chi connectivity index (χ2n) is 7.36. The maximum atomic E-state index is 12.9. The van der Waals surface area contributed by atoms with Crippen molar-refractivity contribution in [2.75, 3.05) is 0 Å². The molecule has 36 heavy (non-hydrogen) atoms. The number of imidazole rings is 1. The van der Waals surface area contributed by atoms with Gasteiger partial charge in [-0.05, 0) is 37.3 Å². The predicted octanol–water partition coefficient (Wildman–Crippen LogP) is 6.51. The van der Waals surface area contributed by atoms with E-state index in [0.29, 0.717) is 39.0 Å². The molecule has 0 aliphatic carbocycles. The first kappa shape index (κ1) is 25.3. The van der Waals surface area contributed by atoms with Gasteiger partial charge >= 0.3 is 18.3 Å². The summed E-state index contributed by atoms with van der Waals surface area (Å²) in [5, 5.41) is 8.71. The molecule has 14 heteroatoms. The molecule has 7 nitrogen and oxygen atoms in total. The maximum absolute atomic E-state index is 12.9. The minimum atomic E-state index is -5.08. The van der Waals surface area contributed by atoms with Gasteiger partial charge < -0.3 is 14.5 Å². The van der Waals surface area contributed by atoms with E-state index in [1.54, 1.807) is 0 Å². The smallest absolute Gasteiger partial charge is 0.475 e. The van der Waals surface area contributed by atoms with Crippen LogP contribution in [0.25, 0.3) is 33.1 Å². The van der Waals surface area contributed by atoms with Crippen LogP contribution in [-0.2, 0) is 16.7 Å². The molecule has 0 atom stereocenters. The van der Waals surface area contributed by atoms with Crippen LogP contribution in [-0.4, -0.2) is 37.2 Å². The molecule has 2 aromatic carbocycles. The van der Waals surface area contributed by atoms with Gasteiger partial charge in [0, 0.05) is 5.39 Å². The number of thioether (sulfide) groups is 1. The van der Waals surface area contributed by atoms with Crippen molar-refractivity contribution in [3.63, 3.8) is 0 Å². The van der Waals surface area contributed by atoms with Crippen LogP contribution in [0.5, 0.6) is 0 Å². The lowest BCUT2D eigenvalue weighted by Crippen LogP contribution is -2.21. The van der Waals surface area contributed by atoms with Crippen molar-refractivity contribution >= 4 is 50.8 Å². The molecule has 0 amide bonds. The van der Waals surface area contributed by atoms with Crippen LogP contribution in [0.15, 0.2) is 51.9 Å². The summed E-state index contributed by atoms with van der Waals surface area (Å²) in [6.45, 7) is 1.81. The van der Waals surface area contributed by atoms with E-state index in [9.17, 15) is 26.3 Å². The Bertz CT molecular complexity index is 1580. The molecule has 2 N–H and O–H groups in total. The van der Waals surface area contributed by atoms with E-state index in [1.165, 1.54) is 17.8 Å². The second-order valence-corrected chi connectivity index (χ2v) is 8.32. The Morgan fingerprint density at radius 2 is 1.75 bits per heavy atom. The van der Waals surface area contributed by atoms with Gasteiger partial charge in [-0.3, -0.25) is 0 Å². The Hall–Kier alpha value is -3.81. The molecule has 0 spiro atoms. The van der Waals surface area contributed by atoms with Crippen molar-refractivity contribution in [2.45, 2.75) is 30.1 Å². The van der Waals surface area contributed by atoms with E-state index < -0.39 is 23.9 Å². The molecular formula is C22H14F6N4O3S. The summed E-state index contributed by atoms with van der Waals surface area (Å²) in [5.74, 6) is -1.18. The van der Waals surface area contributed by atoms with Crippen LogP contribution >= 0.6 is 11.8 Å². The Kier molecular flexibility index (Phi) is 6.56. The summed E-state index contributed by atoms with van der Waals surface area (Å²) < 4.78 is 76.4. The number of aliphatic carboxylic acids is 1. The number of halogens is 6. The number of carbonyl (C=O) groups is 1. The van der Waals surface area contributed by atoms with Crippen LogP contribution < -0.4 is 0 Å². The minimum absolute atomic E-state index is 0.350. The third-order valence-corrected chi connectivity index (χ3v) is 5.71. The molecule has 0 saturated carbocycles. The Morgan fingerprint density at radius 1 is 1.06 bits per heavy atom. The first-order valence-corrected chi connectivity index (χ1v) is 11.0. The largest absolute Gasteiger partial charge is 0.490 e. The fourth-order valence-corrected chi connectivity index (χ4v) is 4.09. The van der Waals surface area contributed by atoms with Gasteiger partial charge in [0.15, 0.2) is 5.58 Å². The minimum Gasteiger partial charge on any atom is -0.475 e. The number of aromatic amines is 1. The van der Waals surface area contributed by atoms with Crippen LogP contribution in [0, 0.1) is 6.92 Å². The van der Waals surface area contributed by atoms with Gasteiger partial charge in [0.05, 0.1) is 22.3 Å². The third kappa shape index (κ3) is 5.37. The highest BCUT2D eigenvalue weighted by Crippen LogP contribution is 2.35. The SMILES string of the molecule is Cc1nc(SCc2nc3ccc(C(F)(F)F)cc3[nH]2)c2oc3ccccc3c2n1.O=C(O)C(F)(F)F. The predicted molar refractivity (Wildman–Crippen MR) is 118 cm³/mol. The van der Waals surface area contributed by atoms with Gasteiger partial charge in [0.2, 0.25) is 0 Å². The number of benzene rings is 2. The number of para-hydroxylation sites is 1. The highest BCUT2D eigenvalue weighted by atomic mass is 32.2. The maximum Gasteiger partial charge on any atom is 0.490 e. The fourth-order valence-electron chi connectivity index (χ4n) is 3.21. The lowest BCUT2D eigenvalue weighted by Gasteiger charge is -2.05. The molecule has 3 heterocycles. The lowest BCUT2D eigenvalue weighted by atomic mass is 10.2. The molecule has 5 aromatic rings.